The number of benzene rings is 1. The molecule has 0 aliphatic carbocycles. The zero-order valence-electron chi connectivity index (χ0n) is 12.9. The molecule has 2 N–H and O–H groups in total. The average Bonchev–Trinajstić information content (AvgIpc) is 2.44. The molecule has 0 saturated heterocycles. The highest BCUT2D eigenvalue weighted by atomic mass is 16.5. The van der Waals surface area contributed by atoms with E-state index in [9.17, 15) is 4.79 Å². The largest absolute Gasteiger partial charge is 0.497 e. The summed E-state index contributed by atoms with van der Waals surface area (Å²) in [5, 5.41) is 0. The van der Waals surface area contributed by atoms with Crippen molar-refractivity contribution >= 4 is 5.78 Å². The number of rotatable bonds is 9. The molecule has 1 unspecified atom stereocenters. The lowest BCUT2D eigenvalue weighted by molar-refractivity contribution is 0.0971. The lowest BCUT2D eigenvalue weighted by Crippen LogP contribution is -2.11. The van der Waals surface area contributed by atoms with Crippen LogP contribution in [-0.4, -0.2) is 19.4 Å². The van der Waals surface area contributed by atoms with Crippen molar-refractivity contribution in [1.82, 2.24) is 0 Å². The third-order valence-electron chi connectivity index (χ3n) is 3.79. The van der Waals surface area contributed by atoms with Crippen molar-refractivity contribution in [1.29, 1.82) is 0 Å². The summed E-state index contributed by atoms with van der Waals surface area (Å²) >= 11 is 0. The molecule has 0 saturated carbocycles. The van der Waals surface area contributed by atoms with Gasteiger partial charge in [-0.1, -0.05) is 19.8 Å². The molecule has 0 heterocycles. The van der Waals surface area contributed by atoms with Gasteiger partial charge in [0.05, 0.1) is 7.11 Å². The molecule has 1 rings (SSSR count). The lowest BCUT2D eigenvalue weighted by atomic mass is 9.91. The molecule has 0 amide bonds. The molecule has 0 aromatic heterocycles. The zero-order chi connectivity index (χ0) is 15.0. The van der Waals surface area contributed by atoms with Gasteiger partial charge in [0.1, 0.15) is 5.75 Å². The number of carbonyl (C=O) groups excluding carboxylic acids is 1. The molecule has 0 spiro atoms. The van der Waals surface area contributed by atoms with Crippen molar-refractivity contribution in [2.24, 2.45) is 11.7 Å². The molecule has 112 valence electrons. The first-order chi connectivity index (χ1) is 9.62. The Labute approximate surface area is 122 Å². The summed E-state index contributed by atoms with van der Waals surface area (Å²) in [6.45, 7) is 4.85. The number of carbonyl (C=O) groups is 1. The maximum Gasteiger partial charge on any atom is 0.163 e. The van der Waals surface area contributed by atoms with Gasteiger partial charge in [-0.05, 0) is 56.0 Å². The lowest BCUT2D eigenvalue weighted by Gasteiger charge is -2.15. The molecule has 0 fully saturated rings. The molecule has 3 nitrogen and oxygen atoms in total. The van der Waals surface area contributed by atoms with Gasteiger partial charge in [0.25, 0.3) is 0 Å². The van der Waals surface area contributed by atoms with Gasteiger partial charge in [0.15, 0.2) is 5.78 Å². The van der Waals surface area contributed by atoms with E-state index in [4.69, 9.17) is 10.5 Å². The van der Waals surface area contributed by atoms with E-state index in [1.165, 1.54) is 0 Å². The van der Waals surface area contributed by atoms with E-state index in [-0.39, 0.29) is 5.78 Å². The Morgan fingerprint density at radius 1 is 1.30 bits per heavy atom. The summed E-state index contributed by atoms with van der Waals surface area (Å²) in [6, 6.07) is 5.63. The van der Waals surface area contributed by atoms with Crippen LogP contribution in [0, 0.1) is 12.8 Å². The second-order valence-electron chi connectivity index (χ2n) is 5.37. The fourth-order valence-electron chi connectivity index (χ4n) is 2.62. The second-order valence-corrected chi connectivity index (χ2v) is 5.37. The maximum atomic E-state index is 12.3. The highest BCUT2D eigenvalue weighted by Gasteiger charge is 2.13. The minimum absolute atomic E-state index is 0.225. The number of Topliss-reactive ketones (excluding diaryl/α,β-unsaturated/α-hetero) is 1. The van der Waals surface area contributed by atoms with Crippen LogP contribution in [0.15, 0.2) is 18.2 Å². The molecular formula is C17H27NO2. The molecule has 3 heteroatoms. The van der Waals surface area contributed by atoms with Crippen molar-refractivity contribution in [3.05, 3.63) is 29.3 Å². The van der Waals surface area contributed by atoms with Crippen molar-refractivity contribution in [3.63, 3.8) is 0 Å². The maximum absolute atomic E-state index is 12.3. The Morgan fingerprint density at radius 3 is 2.60 bits per heavy atom. The minimum Gasteiger partial charge on any atom is -0.497 e. The van der Waals surface area contributed by atoms with E-state index in [1.54, 1.807) is 7.11 Å². The van der Waals surface area contributed by atoms with Crippen molar-refractivity contribution in [3.8, 4) is 5.75 Å². The number of ether oxygens (including phenoxy) is 1. The molecule has 1 atom stereocenters. The van der Waals surface area contributed by atoms with Crippen LogP contribution in [0.5, 0.6) is 5.75 Å². The molecular weight excluding hydrogens is 250 g/mol. The topological polar surface area (TPSA) is 52.3 Å². The standard InChI is InChI=1S/C17H27NO2/c1-4-5-14(10-11-18)6-9-17(19)16-8-7-15(20-3)12-13(16)2/h7-8,12,14H,4-6,9-11,18H2,1-3H3. The Bertz CT molecular complexity index is 423. The summed E-state index contributed by atoms with van der Waals surface area (Å²) in [6.07, 6.45) is 4.88. The molecule has 0 aliphatic heterocycles. The highest BCUT2D eigenvalue weighted by molar-refractivity contribution is 5.97. The van der Waals surface area contributed by atoms with E-state index in [0.29, 0.717) is 18.9 Å². The van der Waals surface area contributed by atoms with E-state index in [0.717, 1.165) is 42.6 Å². The highest BCUT2D eigenvalue weighted by Crippen LogP contribution is 2.22. The van der Waals surface area contributed by atoms with Crippen LogP contribution in [-0.2, 0) is 0 Å². The quantitative estimate of drug-likeness (QED) is 0.700. The molecule has 1 aromatic carbocycles. The van der Waals surface area contributed by atoms with Crippen LogP contribution in [0.25, 0.3) is 0 Å². The van der Waals surface area contributed by atoms with Crippen LogP contribution in [0.1, 0.15) is 54.9 Å². The third kappa shape index (κ3) is 4.97. The predicted molar refractivity (Wildman–Crippen MR) is 83.4 cm³/mol. The Kier molecular flexibility index (Phi) is 7.31. The molecule has 0 radical (unpaired) electrons. The van der Waals surface area contributed by atoms with Gasteiger partial charge in [-0.2, -0.15) is 0 Å². The first kappa shape index (κ1) is 16.7. The number of aryl methyl sites for hydroxylation is 1. The Balaban J connectivity index is 2.61. The van der Waals surface area contributed by atoms with Gasteiger partial charge in [-0.3, -0.25) is 4.79 Å². The predicted octanol–water partition coefficient (Wildman–Crippen LogP) is 3.73. The molecule has 20 heavy (non-hydrogen) atoms. The first-order valence-corrected chi connectivity index (χ1v) is 7.50. The minimum atomic E-state index is 0.225. The number of hydrogen-bond donors (Lipinski definition) is 1. The zero-order valence-corrected chi connectivity index (χ0v) is 12.9. The number of hydrogen-bond acceptors (Lipinski definition) is 3. The van der Waals surface area contributed by atoms with Crippen molar-refractivity contribution < 1.29 is 9.53 Å². The van der Waals surface area contributed by atoms with Gasteiger partial charge in [0.2, 0.25) is 0 Å². The van der Waals surface area contributed by atoms with Gasteiger partial charge in [-0.15, -0.1) is 0 Å². The van der Waals surface area contributed by atoms with E-state index in [1.807, 2.05) is 25.1 Å². The summed E-state index contributed by atoms with van der Waals surface area (Å²) in [5.41, 5.74) is 7.43. The summed E-state index contributed by atoms with van der Waals surface area (Å²) in [5.74, 6) is 1.60. The van der Waals surface area contributed by atoms with Crippen LogP contribution >= 0.6 is 0 Å². The smallest absolute Gasteiger partial charge is 0.163 e. The van der Waals surface area contributed by atoms with Crippen LogP contribution < -0.4 is 10.5 Å². The number of nitrogens with two attached hydrogens (primary N) is 1. The van der Waals surface area contributed by atoms with Gasteiger partial charge >= 0.3 is 0 Å². The molecule has 0 aliphatic rings. The fraction of sp³-hybridized carbons (Fsp3) is 0.588. The number of methoxy groups -OCH3 is 1. The van der Waals surface area contributed by atoms with Crippen LogP contribution in [0.4, 0.5) is 0 Å². The Morgan fingerprint density at radius 2 is 2.05 bits per heavy atom. The van der Waals surface area contributed by atoms with E-state index in [2.05, 4.69) is 6.92 Å². The SMILES string of the molecule is CCCC(CCN)CCC(=O)c1ccc(OC)cc1C. The summed E-state index contributed by atoms with van der Waals surface area (Å²) in [4.78, 5) is 12.3. The van der Waals surface area contributed by atoms with Crippen molar-refractivity contribution in [2.75, 3.05) is 13.7 Å². The van der Waals surface area contributed by atoms with Gasteiger partial charge in [-0.25, -0.2) is 0 Å². The van der Waals surface area contributed by atoms with Gasteiger partial charge < -0.3 is 10.5 Å². The summed E-state index contributed by atoms with van der Waals surface area (Å²) < 4.78 is 5.17. The molecule has 0 bridgehead atoms. The molecule has 1 aromatic rings. The van der Waals surface area contributed by atoms with Gasteiger partial charge in [0, 0.05) is 12.0 Å². The fourth-order valence-corrected chi connectivity index (χ4v) is 2.62. The van der Waals surface area contributed by atoms with E-state index < -0.39 is 0 Å². The number of ketones is 1. The average molecular weight is 277 g/mol. The van der Waals surface area contributed by atoms with Crippen molar-refractivity contribution in [2.45, 2.75) is 46.0 Å². The normalized spacial score (nSPS) is 12.2. The van der Waals surface area contributed by atoms with Crippen LogP contribution in [0.3, 0.4) is 0 Å². The summed E-state index contributed by atoms with van der Waals surface area (Å²) in [7, 11) is 1.64. The first-order valence-electron chi connectivity index (χ1n) is 7.50. The van der Waals surface area contributed by atoms with Crippen LogP contribution in [0.2, 0.25) is 0 Å². The Hall–Kier alpha value is -1.35. The third-order valence-corrected chi connectivity index (χ3v) is 3.79. The second kappa shape index (κ2) is 8.75. The monoisotopic (exact) mass is 277 g/mol. The van der Waals surface area contributed by atoms with E-state index >= 15 is 0 Å².